The van der Waals surface area contributed by atoms with Gasteiger partial charge in [-0.15, -0.1) is 0 Å². The zero-order chi connectivity index (χ0) is 21.6. The molecule has 29 heavy (non-hydrogen) atoms. The van der Waals surface area contributed by atoms with Crippen molar-refractivity contribution in [1.29, 1.82) is 0 Å². The summed E-state index contributed by atoms with van der Waals surface area (Å²) in [5.74, 6) is -0.518. The van der Waals surface area contributed by atoms with E-state index in [-0.39, 0.29) is 24.3 Å². The van der Waals surface area contributed by atoms with Crippen LogP contribution in [0.3, 0.4) is 0 Å². The Morgan fingerprint density at radius 3 is 2.00 bits per heavy atom. The summed E-state index contributed by atoms with van der Waals surface area (Å²) in [4.78, 5) is 30.1. The van der Waals surface area contributed by atoms with E-state index < -0.39 is 11.9 Å². The number of benzene rings is 1. The number of aromatic nitrogens is 1. The Bertz CT molecular complexity index is 868. The molecule has 0 aliphatic rings. The molecule has 0 saturated carbocycles. The van der Waals surface area contributed by atoms with Gasteiger partial charge in [0.15, 0.2) is 0 Å². The minimum absolute atomic E-state index is 0.206. The van der Waals surface area contributed by atoms with Gasteiger partial charge in [0.25, 0.3) is 0 Å². The van der Waals surface area contributed by atoms with E-state index in [1.54, 1.807) is 27.7 Å². The first-order valence-electron chi connectivity index (χ1n) is 9.63. The molecule has 6 nitrogen and oxygen atoms in total. The molecule has 156 valence electrons. The van der Waals surface area contributed by atoms with Crippen LogP contribution in [0.15, 0.2) is 22.7 Å². The smallest absolute Gasteiger partial charge is 0.340 e. The second-order valence-electron chi connectivity index (χ2n) is 6.34. The van der Waals surface area contributed by atoms with Crippen molar-refractivity contribution in [3.8, 4) is 16.9 Å². The Hall–Kier alpha value is -2.41. The quantitative estimate of drug-likeness (QED) is 0.496. The maximum Gasteiger partial charge on any atom is 0.340 e. The molecule has 0 amide bonds. The molecule has 0 saturated heterocycles. The Morgan fingerprint density at radius 1 is 0.966 bits per heavy atom. The van der Waals surface area contributed by atoms with Crippen LogP contribution in [-0.4, -0.2) is 36.7 Å². The lowest BCUT2D eigenvalue weighted by Crippen LogP contribution is -2.18. The highest BCUT2D eigenvalue weighted by Gasteiger charge is 2.29. The second kappa shape index (κ2) is 10.4. The third-order valence-electron chi connectivity index (χ3n) is 4.19. The van der Waals surface area contributed by atoms with Gasteiger partial charge in [-0.05, 0) is 52.3 Å². The minimum atomic E-state index is -0.542. The molecule has 0 aliphatic carbocycles. The molecular weight excluding hydrogens is 438 g/mol. The molecule has 1 aromatic carbocycles. The topological polar surface area (TPSA) is 74.7 Å². The van der Waals surface area contributed by atoms with Crippen molar-refractivity contribution in [2.24, 2.45) is 0 Å². The molecule has 0 fully saturated rings. The van der Waals surface area contributed by atoms with Crippen LogP contribution in [0.4, 0.5) is 0 Å². The van der Waals surface area contributed by atoms with E-state index in [2.05, 4.69) is 20.9 Å². The van der Waals surface area contributed by atoms with E-state index in [4.69, 9.17) is 14.2 Å². The number of carbonyl (C=O) groups excluding carboxylic acids is 2. The summed E-state index contributed by atoms with van der Waals surface area (Å²) < 4.78 is 17.3. The highest BCUT2D eigenvalue weighted by Crippen LogP contribution is 2.39. The molecule has 0 unspecified atom stereocenters. The van der Waals surface area contributed by atoms with Crippen LogP contribution in [0.25, 0.3) is 11.1 Å². The number of carbonyl (C=O) groups is 2. The second-order valence-corrected chi connectivity index (χ2v) is 7.25. The number of ether oxygens (including phenoxy) is 3. The maximum atomic E-state index is 12.8. The summed E-state index contributed by atoms with van der Waals surface area (Å²) in [7, 11) is 0. The van der Waals surface area contributed by atoms with E-state index in [0.717, 1.165) is 10.9 Å². The van der Waals surface area contributed by atoms with Gasteiger partial charge in [-0.3, -0.25) is 4.98 Å². The van der Waals surface area contributed by atoms with Gasteiger partial charge in [-0.1, -0.05) is 22.9 Å². The Balaban J connectivity index is 2.91. The number of nitrogens with zero attached hydrogens (tertiary/aromatic N) is 1. The summed E-state index contributed by atoms with van der Waals surface area (Å²) in [6.07, 6.45) is 0.819. The molecule has 0 radical (unpaired) electrons. The van der Waals surface area contributed by atoms with Crippen LogP contribution in [0.5, 0.6) is 5.75 Å². The summed E-state index contributed by atoms with van der Waals surface area (Å²) in [6.45, 7) is 9.83. The van der Waals surface area contributed by atoms with Crippen LogP contribution in [0, 0.1) is 13.8 Å². The van der Waals surface area contributed by atoms with Gasteiger partial charge in [0, 0.05) is 15.6 Å². The number of rotatable bonds is 8. The van der Waals surface area contributed by atoms with E-state index in [1.807, 2.05) is 25.1 Å². The first kappa shape index (κ1) is 22.9. The number of aryl methyl sites for hydroxylation is 2. The largest absolute Gasteiger partial charge is 0.493 e. The van der Waals surface area contributed by atoms with Crippen LogP contribution in [-0.2, 0) is 9.47 Å². The first-order chi connectivity index (χ1) is 13.8. The predicted octanol–water partition coefficient (Wildman–Crippen LogP) is 5.27. The third kappa shape index (κ3) is 5.15. The zero-order valence-corrected chi connectivity index (χ0v) is 19.0. The van der Waals surface area contributed by atoms with Gasteiger partial charge in [-0.2, -0.15) is 0 Å². The fourth-order valence-corrected chi connectivity index (χ4v) is 3.42. The lowest BCUT2D eigenvalue weighted by molar-refractivity contribution is 0.0525. The molecule has 0 aliphatic heterocycles. The summed E-state index contributed by atoms with van der Waals surface area (Å²) in [5, 5.41) is 0. The van der Waals surface area contributed by atoms with Gasteiger partial charge >= 0.3 is 11.9 Å². The lowest BCUT2D eigenvalue weighted by atomic mass is 9.92. The number of hydrogen-bond donors (Lipinski definition) is 0. The SMILES string of the molecule is CCCOc1ccc(Br)cc1-c1c(C(=O)OCC)c(C)nc(C)c1C(=O)OCC. The average Bonchev–Trinajstić information content (AvgIpc) is 2.66. The number of halogens is 1. The zero-order valence-electron chi connectivity index (χ0n) is 17.4. The van der Waals surface area contributed by atoms with Crippen LogP contribution in [0.1, 0.15) is 59.3 Å². The summed E-state index contributed by atoms with van der Waals surface area (Å²) in [6, 6.07) is 5.48. The monoisotopic (exact) mass is 463 g/mol. The molecule has 7 heteroatoms. The molecule has 0 atom stereocenters. The molecule has 2 rings (SSSR count). The highest BCUT2D eigenvalue weighted by atomic mass is 79.9. The van der Waals surface area contributed by atoms with Crippen molar-refractivity contribution in [1.82, 2.24) is 4.98 Å². The molecule has 1 heterocycles. The first-order valence-corrected chi connectivity index (χ1v) is 10.4. The van der Waals surface area contributed by atoms with Gasteiger partial charge in [-0.25, -0.2) is 9.59 Å². The van der Waals surface area contributed by atoms with Crippen molar-refractivity contribution in [3.05, 3.63) is 45.2 Å². The molecule has 0 bridgehead atoms. The van der Waals surface area contributed by atoms with Crippen LogP contribution >= 0.6 is 15.9 Å². The van der Waals surface area contributed by atoms with Crippen molar-refractivity contribution in [3.63, 3.8) is 0 Å². The normalized spacial score (nSPS) is 10.6. The third-order valence-corrected chi connectivity index (χ3v) is 4.68. The Morgan fingerprint density at radius 2 is 1.52 bits per heavy atom. The van der Waals surface area contributed by atoms with Crippen molar-refractivity contribution < 1.29 is 23.8 Å². The predicted molar refractivity (Wildman–Crippen MR) is 115 cm³/mol. The van der Waals surface area contributed by atoms with Gasteiger partial charge < -0.3 is 14.2 Å². The van der Waals surface area contributed by atoms with Crippen molar-refractivity contribution >= 4 is 27.9 Å². The molecule has 0 spiro atoms. The lowest BCUT2D eigenvalue weighted by Gasteiger charge is -2.20. The van der Waals surface area contributed by atoms with Crippen molar-refractivity contribution in [2.75, 3.05) is 19.8 Å². The van der Waals surface area contributed by atoms with E-state index in [9.17, 15) is 9.59 Å². The number of pyridine rings is 1. The Labute approximate surface area is 179 Å². The van der Waals surface area contributed by atoms with E-state index >= 15 is 0 Å². The van der Waals surface area contributed by atoms with Gasteiger partial charge in [0.2, 0.25) is 0 Å². The van der Waals surface area contributed by atoms with Crippen molar-refractivity contribution in [2.45, 2.75) is 41.0 Å². The fraction of sp³-hybridized carbons (Fsp3) is 0.409. The van der Waals surface area contributed by atoms with Gasteiger partial charge in [0.1, 0.15) is 5.75 Å². The molecule has 1 aromatic heterocycles. The number of hydrogen-bond acceptors (Lipinski definition) is 6. The van der Waals surface area contributed by atoms with E-state index in [0.29, 0.717) is 34.9 Å². The molecule has 2 aromatic rings. The molecular formula is C22H26BrNO5. The number of esters is 2. The van der Waals surface area contributed by atoms with E-state index in [1.165, 1.54) is 0 Å². The minimum Gasteiger partial charge on any atom is -0.493 e. The summed E-state index contributed by atoms with van der Waals surface area (Å²) >= 11 is 3.48. The van der Waals surface area contributed by atoms with Crippen LogP contribution in [0.2, 0.25) is 0 Å². The highest BCUT2D eigenvalue weighted by molar-refractivity contribution is 9.10. The van der Waals surface area contributed by atoms with Gasteiger partial charge in [0.05, 0.1) is 42.3 Å². The summed E-state index contributed by atoms with van der Waals surface area (Å²) in [5.41, 5.74) is 2.45. The Kier molecular flexibility index (Phi) is 8.20. The standard InChI is InChI=1S/C22H26BrNO5/c1-6-11-29-17-10-9-15(23)12-16(17)20-18(21(25)27-7-2)13(4)24-14(5)19(20)22(26)28-8-3/h9-10,12H,6-8,11H2,1-5H3. The molecule has 0 N–H and O–H groups in total. The average molecular weight is 464 g/mol. The maximum absolute atomic E-state index is 12.8. The van der Waals surface area contributed by atoms with Crippen LogP contribution < -0.4 is 4.74 Å². The fourth-order valence-electron chi connectivity index (χ4n) is 3.06.